The van der Waals surface area contributed by atoms with Crippen molar-refractivity contribution in [3.63, 3.8) is 0 Å². The molecular formula is C12H19NS. The summed E-state index contributed by atoms with van der Waals surface area (Å²) in [7, 11) is 0. The predicted octanol–water partition coefficient (Wildman–Crippen LogP) is 4.55. The summed E-state index contributed by atoms with van der Waals surface area (Å²) in [5.74, 6) is 1.15. The molecule has 0 amide bonds. The Labute approximate surface area is 91.6 Å². The van der Waals surface area contributed by atoms with Crippen molar-refractivity contribution in [3.8, 4) is 0 Å². The number of nitrogens with zero attached hydrogens (tertiary/aromatic N) is 1. The minimum absolute atomic E-state index is 0.996. The second kappa shape index (κ2) is 8.82. The van der Waals surface area contributed by atoms with Gasteiger partial charge < -0.3 is 0 Å². The van der Waals surface area contributed by atoms with E-state index in [0.717, 1.165) is 11.4 Å². The molecule has 1 aromatic rings. The fraction of sp³-hybridized carbons (Fsp3) is 0.417. The van der Waals surface area contributed by atoms with Crippen LogP contribution in [0.2, 0.25) is 0 Å². The van der Waals surface area contributed by atoms with Gasteiger partial charge in [0.2, 0.25) is 0 Å². The monoisotopic (exact) mass is 209 g/mol. The first-order valence-corrected chi connectivity index (χ1v) is 6.05. The van der Waals surface area contributed by atoms with E-state index in [-0.39, 0.29) is 0 Å². The Bertz CT molecular complexity index is 258. The lowest BCUT2D eigenvalue weighted by molar-refractivity contribution is 1.10. The van der Waals surface area contributed by atoms with Crippen LogP contribution in [0.3, 0.4) is 0 Å². The van der Waals surface area contributed by atoms with Crippen LogP contribution in [0.5, 0.6) is 0 Å². The zero-order valence-electron chi connectivity index (χ0n) is 9.29. The summed E-state index contributed by atoms with van der Waals surface area (Å²) in [6, 6.07) is 8.10. The van der Waals surface area contributed by atoms with Crippen LogP contribution in [0.15, 0.2) is 34.2 Å². The van der Waals surface area contributed by atoms with Gasteiger partial charge in [-0.2, -0.15) is 0 Å². The molecule has 0 spiro atoms. The lowest BCUT2D eigenvalue weighted by Crippen LogP contribution is -1.76. The fourth-order valence-electron chi connectivity index (χ4n) is 0.922. The van der Waals surface area contributed by atoms with Crippen molar-refractivity contribution >= 4 is 24.2 Å². The molecule has 78 valence electrons. The summed E-state index contributed by atoms with van der Waals surface area (Å²) in [5, 5.41) is 0. The predicted molar refractivity (Wildman–Crippen MR) is 68.0 cm³/mol. The van der Waals surface area contributed by atoms with Gasteiger partial charge in [-0.15, -0.1) is 11.8 Å². The molecule has 0 aliphatic heterocycles. The molecule has 0 aliphatic carbocycles. The average Bonchev–Trinajstić information content (AvgIpc) is 2.29. The highest BCUT2D eigenvalue weighted by molar-refractivity contribution is 7.99. The first-order valence-electron chi connectivity index (χ1n) is 5.07. The Balaban J connectivity index is 0.000000791. The smallest absolute Gasteiger partial charge is 0.0758 e. The van der Waals surface area contributed by atoms with Crippen molar-refractivity contribution in [2.75, 3.05) is 5.75 Å². The molecule has 0 radical (unpaired) electrons. The zero-order valence-corrected chi connectivity index (χ0v) is 10.1. The number of thioether (sulfide) groups is 1. The van der Waals surface area contributed by atoms with Crippen molar-refractivity contribution in [1.82, 2.24) is 0 Å². The second-order valence-corrected chi connectivity index (χ2v) is 3.61. The van der Waals surface area contributed by atoms with E-state index in [2.05, 4.69) is 24.7 Å². The third kappa shape index (κ3) is 4.47. The van der Waals surface area contributed by atoms with Gasteiger partial charge in [0.1, 0.15) is 0 Å². The quantitative estimate of drug-likeness (QED) is 0.523. The van der Waals surface area contributed by atoms with E-state index in [4.69, 9.17) is 0 Å². The molecule has 0 fully saturated rings. The number of hydrogen-bond donors (Lipinski definition) is 0. The molecule has 0 bridgehead atoms. The maximum atomic E-state index is 3.95. The Morgan fingerprint density at radius 1 is 1.29 bits per heavy atom. The van der Waals surface area contributed by atoms with Crippen LogP contribution in [0.4, 0.5) is 5.69 Å². The number of rotatable bonds is 4. The highest BCUT2D eigenvalue weighted by atomic mass is 32.2. The van der Waals surface area contributed by atoms with Crippen LogP contribution in [0, 0.1) is 0 Å². The largest absolute Gasteiger partial charge is 0.263 e. The maximum Gasteiger partial charge on any atom is 0.0758 e. The lowest BCUT2D eigenvalue weighted by atomic mass is 10.3. The van der Waals surface area contributed by atoms with Gasteiger partial charge in [-0.05, 0) is 31.0 Å². The molecule has 0 saturated carbocycles. The molecule has 0 atom stereocenters. The minimum Gasteiger partial charge on any atom is -0.263 e. The molecule has 0 saturated heterocycles. The van der Waals surface area contributed by atoms with Gasteiger partial charge in [0, 0.05) is 4.90 Å². The topological polar surface area (TPSA) is 12.4 Å². The minimum atomic E-state index is 0.996. The highest BCUT2D eigenvalue weighted by Crippen LogP contribution is 2.28. The Morgan fingerprint density at radius 3 is 2.50 bits per heavy atom. The van der Waals surface area contributed by atoms with E-state index in [0.29, 0.717) is 0 Å². The summed E-state index contributed by atoms with van der Waals surface area (Å²) < 4.78 is 0. The Hall–Kier alpha value is -0.760. The molecule has 0 N–H and O–H groups in total. The summed E-state index contributed by atoms with van der Waals surface area (Å²) in [6.45, 7) is 9.71. The molecular weight excluding hydrogens is 190 g/mol. The van der Waals surface area contributed by atoms with Crippen LogP contribution in [0.25, 0.3) is 0 Å². The van der Waals surface area contributed by atoms with Crippen LogP contribution in [0.1, 0.15) is 27.2 Å². The van der Waals surface area contributed by atoms with Gasteiger partial charge >= 0.3 is 0 Å². The van der Waals surface area contributed by atoms with Gasteiger partial charge in [-0.1, -0.05) is 32.9 Å². The summed E-state index contributed by atoms with van der Waals surface area (Å²) in [6.07, 6.45) is 1.19. The van der Waals surface area contributed by atoms with E-state index < -0.39 is 0 Å². The number of para-hydroxylation sites is 1. The van der Waals surface area contributed by atoms with E-state index >= 15 is 0 Å². The molecule has 1 rings (SSSR count). The first kappa shape index (κ1) is 13.2. The lowest BCUT2D eigenvalue weighted by Gasteiger charge is -2.02. The van der Waals surface area contributed by atoms with Gasteiger partial charge in [0.25, 0.3) is 0 Å². The number of hydrogen-bond acceptors (Lipinski definition) is 2. The summed E-state index contributed by atoms with van der Waals surface area (Å²) in [5.41, 5.74) is 0.996. The Morgan fingerprint density at radius 2 is 1.93 bits per heavy atom. The molecule has 1 nitrogen and oxygen atoms in total. The molecule has 0 heterocycles. The standard InChI is InChI=1S/C10H13NS.C2H6/c1-3-8-12-10-7-5-4-6-9(10)11-2;1-2/h4-7H,2-3,8H2,1H3;1-2H3. The molecule has 0 aliphatic rings. The van der Waals surface area contributed by atoms with Gasteiger partial charge in [0.05, 0.1) is 5.69 Å². The van der Waals surface area contributed by atoms with Crippen molar-refractivity contribution in [1.29, 1.82) is 0 Å². The van der Waals surface area contributed by atoms with Gasteiger partial charge in [-0.25, -0.2) is 0 Å². The van der Waals surface area contributed by atoms with Gasteiger partial charge in [0.15, 0.2) is 0 Å². The average molecular weight is 209 g/mol. The first-order chi connectivity index (χ1) is 6.88. The van der Waals surface area contributed by atoms with Crippen molar-refractivity contribution in [2.45, 2.75) is 32.1 Å². The highest BCUT2D eigenvalue weighted by Gasteiger charge is 1.97. The third-order valence-corrected chi connectivity index (χ3v) is 2.77. The Kier molecular flexibility index (Phi) is 8.34. The molecule has 0 aromatic heterocycles. The number of aliphatic imine (C=N–C) groups is 1. The zero-order chi connectivity index (χ0) is 10.8. The second-order valence-electron chi connectivity index (χ2n) is 2.47. The van der Waals surface area contributed by atoms with E-state index in [1.807, 2.05) is 43.8 Å². The molecule has 2 heteroatoms. The van der Waals surface area contributed by atoms with Crippen LogP contribution >= 0.6 is 11.8 Å². The molecule has 1 aromatic carbocycles. The SMILES string of the molecule is C=Nc1ccccc1SCCC.CC. The molecule has 14 heavy (non-hydrogen) atoms. The third-order valence-electron chi connectivity index (χ3n) is 1.50. The van der Waals surface area contributed by atoms with Gasteiger partial charge in [-0.3, -0.25) is 4.99 Å². The van der Waals surface area contributed by atoms with Crippen molar-refractivity contribution in [3.05, 3.63) is 24.3 Å². The normalized spacial score (nSPS) is 8.79. The molecule has 0 unspecified atom stereocenters. The van der Waals surface area contributed by atoms with Crippen LogP contribution in [-0.4, -0.2) is 12.5 Å². The van der Waals surface area contributed by atoms with E-state index in [1.165, 1.54) is 11.3 Å². The maximum absolute atomic E-state index is 3.95. The fourth-order valence-corrected chi connectivity index (χ4v) is 1.80. The van der Waals surface area contributed by atoms with E-state index in [1.54, 1.807) is 0 Å². The van der Waals surface area contributed by atoms with Crippen LogP contribution in [-0.2, 0) is 0 Å². The van der Waals surface area contributed by atoms with E-state index in [9.17, 15) is 0 Å². The summed E-state index contributed by atoms with van der Waals surface area (Å²) in [4.78, 5) is 5.18. The summed E-state index contributed by atoms with van der Waals surface area (Å²) >= 11 is 1.84. The van der Waals surface area contributed by atoms with Crippen molar-refractivity contribution in [2.24, 2.45) is 4.99 Å². The van der Waals surface area contributed by atoms with Crippen LogP contribution < -0.4 is 0 Å². The number of benzene rings is 1. The van der Waals surface area contributed by atoms with Crippen molar-refractivity contribution < 1.29 is 0 Å².